The molecule has 3 fully saturated rings. The van der Waals surface area contributed by atoms with Gasteiger partial charge in [-0.15, -0.1) is 0 Å². The Bertz CT molecular complexity index is 488. The lowest BCUT2D eigenvalue weighted by Crippen LogP contribution is -2.64. The third-order valence-corrected chi connectivity index (χ3v) is 5.28. The molecule has 2 aliphatic carbocycles. The molecule has 2 heterocycles. The fourth-order valence-corrected chi connectivity index (χ4v) is 4.59. The number of nitrogens with zero attached hydrogens (tertiary/aromatic N) is 3. The Morgan fingerprint density at radius 1 is 1.16 bits per heavy atom. The van der Waals surface area contributed by atoms with Crippen LogP contribution in [0.2, 0.25) is 0 Å². The van der Waals surface area contributed by atoms with Crippen molar-refractivity contribution in [2.24, 2.45) is 10.8 Å². The molecule has 4 rings (SSSR count). The molecule has 102 valence electrons. The number of aromatic nitrogens is 2. The molecule has 1 spiro atoms. The van der Waals surface area contributed by atoms with Crippen molar-refractivity contribution in [3.8, 4) is 0 Å². The number of rotatable bonds is 2. The molecule has 0 amide bonds. The lowest BCUT2D eigenvalue weighted by Gasteiger charge is -2.63. The molecule has 1 aromatic heterocycles. The highest BCUT2D eigenvalue weighted by Crippen LogP contribution is 2.59. The van der Waals surface area contributed by atoms with Gasteiger partial charge in [-0.25, -0.2) is 9.97 Å². The van der Waals surface area contributed by atoms with Gasteiger partial charge in [0.1, 0.15) is 12.1 Å². The van der Waals surface area contributed by atoms with Gasteiger partial charge >= 0.3 is 0 Å². The molecular formula is C16H23N3. The maximum Gasteiger partial charge on any atom is 0.132 e. The van der Waals surface area contributed by atoms with Crippen LogP contribution in [0.25, 0.3) is 0 Å². The Morgan fingerprint density at radius 2 is 1.89 bits per heavy atom. The second-order valence-electron chi connectivity index (χ2n) is 7.80. The van der Waals surface area contributed by atoms with Crippen LogP contribution < -0.4 is 4.90 Å². The van der Waals surface area contributed by atoms with Crippen LogP contribution in [0.5, 0.6) is 0 Å². The van der Waals surface area contributed by atoms with E-state index in [9.17, 15) is 0 Å². The van der Waals surface area contributed by atoms with Gasteiger partial charge < -0.3 is 4.90 Å². The van der Waals surface area contributed by atoms with Crippen molar-refractivity contribution in [1.82, 2.24) is 9.97 Å². The van der Waals surface area contributed by atoms with Crippen LogP contribution in [-0.2, 0) is 0 Å². The summed E-state index contributed by atoms with van der Waals surface area (Å²) in [7, 11) is 0. The summed E-state index contributed by atoms with van der Waals surface area (Å²) >= 11 is 0. The standard InChI is InChI=1S/C16H23N3/c1-15(2)7-16(8-15)9-19(10-16)14-6-13(17-11-18-14)12-4-3-5-12/h6,11-12H,3-5,7-10H2,1-2H3. The van der Waals surface area contributed by atoms with Gasteiger partial charge in [0.05, 0.1) is 0 Å². The summed E-state index contributed by atoms with van der Waals surface area (Å²) < 4.78 is 0. The lowest BCUT2D eigenvalue weighted by atomic mass is 9.51. The predicted octanol–water partition coefficient (Wildman–Crippen LogP) is 3.37. The molecule has 3 aliphatic rings. The topological polar surface area (TPSA) is 29.0 Å². The molecule has 0 unspecified atom stereocenters. The zero-order valence-corrected chi connectivity index (χ0v) is 12.0. The van der Waals surface area contributed by atoms with Crippen LogP contribution >= 0.6 is 0 Å². The maximum atomic E-state index is 4.48. The molecule has 0 radical (unpaired) electrons. The van der Waals surface area contributed by atoms with Crippen LogP contribution in [0.15, 0.2) is 12.4 Å². The van der Waals surface area contributed by atoms with Crippen LogP contribution in [0, 0.1) is 10.8 Å². The van der Waals surface area contributed by atoms with E-state index in [4.69, 9.17) is 0 Å². The molecule has 0 bridgehead atoms. The van der Waals surface area contributed by atoms with Crippen molar-refractivity contribution in [1.29, 1.82) is 0 Å². The molecule has 1 aromatic rings. The fourth-order valence-electron chi connectivity index (χ4n) is 4.59. The molecule has 1 aliphatic heterocycles. The van der Waals surface area contributed by atoms with Crippen molar-refractivity contribution < 1.29 is 0 Å². The van der Waals surface area contributed by atoms with E-state index in [1.165, 1.54) is 50.9 Å². The SMILES string of the molecule is CC1(C)CC2(CN(c3cc(C4CCC4)ncn3)C2)C1. The minimum absolute atomic E-state index is 0.578. The highest BCUT2D eigenvalue weighted by Gasteiger charge is 2.56. The Morgan fingerprint density at radius 3 is 2.47 bits per heavy atom. The van der Waals surface area contributed by atoms with Crippen LogP contribution in [0.3, 0.4) is 0 Å². The predicted molar refractivity (Wildman–Crippen MR) is 76.3 cm³/mol. The van der Waals surface area contributed by atoms with E-state index in [1.807, 2.05) is 0 Å². The third-order valence-electron chi connectivity index (χ3n) is 5.28. The van der Waals surface area contributed by atoms with Crippen molar-refractivity contribution in [2.75, 3.05) is 18.0 Å². The molecule has 3 heteroatoms. The average molecular weight is 257 g/mol. The summed E-state index contributed by atoms with van der Waals surface area (Å²) in [6, 6.07) is 2.24. The zero-order chi connectivity index (χ0) is 13.1. The minimum Gasteiger partial charge on any atom is -0.355 e. The van der Waals surface area contributed by atoms with Gasteiger partial charge in [0.25, 0.3) is 0 Å². The van der Waals surface area contributed by atoms with E-state index in [-0.39, 0.29) is 0 Å². The van der Waals surface area contributed by atoms with Crippen molar-refractivity contribution in [2.45, 2.75) is 51.9 Å². The number of anilines is 1. The quantitative estimate of drug-likeness (QED) is 0.813. The van der Waals surface area contributed by atoms with Crippen LogP contribution in [-0.4, -0.2) is 23.1 Å². The van der Waals surface area contributed by atoms with Crippen LogP contribution in [0.1, 0.15) is 57.6 Å². The van der Waals surface area contributed by atoms with E-state index in [0.717, 1.165) is 5.82 Å². The van der Waals surface area contributed by atoms with E-state index in [0.29, 0.717) is 16.7 Å². The highest BCUT2D eigenvalue weighted by molar-refractivity contribution is 5.45. The first-order valence-electron chi connectivity index (χ1n) is 7.62. The molecule has 1 saturated heterocycles. The first kappa shape index (κ1) is 11.7. The first-order chi connectivity index (χ1) is 9.05. The molecule has 0 aromatic carbocycles. The fraction of sp³-hybridized carbons (Fsp3) is 0.750. The van der Waals surface area contributed by atoms with E-state index >= 15 is 0 Å². The molecule has 3 nitrogen and oxygen atoms in total. The van der Waals surface area contributed by atoms with Gasteiger partial charge in [-0.05, 0) is 31.1 Å². The van der Waals surface area contributed by atoms with E-state index < -0.39 is 0 Å². The van der Waals surface area contributed by atoms with Gasteiger partial charge in [-0.2, -0.15) is 0 Å². The summed E-state index contributed by atoms with van der Waals surface area (Å²) in [6.07, 6.45) is 8.53. The van der Waals surface area contributed by atoms with Gasteiger partial charge in [0, 0.05) is 36.2 Å². The average Bonchev–Trinajstić information content (AvgIpc) is 2.20. The van der Waals surface area contributed by atoms with Gasteiger partial charge in [-0.1, -0.05) is 20.3 Å². The van der Waals surface area contributed by atoms with Gasteiger partial charge in [0.2, 0.25) is 0 Å². The third kappa shape index (κ3) is 1.86. The van der Waals surface area contributed by atoms with E-state index in [2.05, 4.69) is 34.8 Å². The number of hydrogen-bond donors (Lipinski definition) is 0. The molecule has 0 atom stereocenters. The number of hydrogen-bond acceptors (Lipinski definition) is 3. The Balaban J connectivity index is 1.44. The van der Waals surface area contributed by atoms with E-state index in [1.54, 1.807) is 6.33 Å². The normalized spacial score (nSPS) is 27.6. The zero-order valence-electron chi connectivity index (χ0n) is 12.0. The Hall–Kier alpha value is -1.12. The summed E-state index contributed by atoms with van der Waals surface area (Å²) in [6.45, 7) is 7.19. The van der Waals surface area contributed by atoms with Crippen molar-refractivity contribution in [3.63, 3.8) is 0 Å². The monoisotopic (exact) mass is 257 g/mol. The lowest BCUT2D eigenvalue weighted by molar-refractivity contribution is -0.0361. The minimum atomic E-state index is 0.578. The largest absolute Gasteiger partial charge is 0.355 e. The second-order valence-corrected chi connectivity index (χ2v) is 7.80. The van der Waals surface area contributed by atoms with Gasteiger partial charge in [-0.3, -0.25) is 0 Å². The van der Waals surface area contributed by atoms with Crippen LogP contribution in [0.4, 0.5) is 5.82 Å². The summed E-state index contributed by atoms with van der Waals surface area (Å²) in [5.41, 5.74) is 2.46. The second kappa shape index (κ2) is 3.71. The first-order valence-corrected chi connectivity index (χ1v) is 7.62. The summed E-state index contributed by atoms with van der Waals surface area (Å²) in [4.78, 5) is 11.4. The highest BCUT2D eigenvalue weighted by atomic mass is 15.3. The Labute approximate surface area is 115 Å². The maximum absolute atomic E-state index is 4.48. The van der Waals surface area contributed by atoms with Gasteiger partial charge in [0.15, 0.2) is 0 Å². The summed E-state index contributed by atoms with van der Waals surface area (Å²) in [5.74, 6) is 1.87. The summed E-state index contributed by atoms with van der Waals surface area (Å²) in [5, 5.41) is 0. The molecule has 2 saturated carbocycles. The Kier molecular flexibility index (Phi) is 2.28. The molecular weight excluding hydrogens is 234 g/mol. The molecule has 19 heavy (non-hydrogen) atoms. The van der Waals surface area contributed by atoms with Crippen molar-refractivity contribution in [3.05, 3.63) is 18.1 Å². The smallest absolute Gasteiger partial charge is 0.132 e. The molecule has 0 N–H and O–H groups in total. The van der Waals surface area contributed by atoms with Crippen molar-refractivity contribution >= 4 is 5.82 Å².